The summed E-state index contributed by atoms with van der Waals surface area (Å²) in [6, 6.07) is 10.8. The second-order valence-electron chi connectivity index (χ2n) is 12.1. The van der Waals surface area contributed by atoms with Gasteiger partial charge in [0.25, 0.3) is 10.0 Å². The third kappa shape index (κ3) is 5.11. The third-order valence-electron chi connectivity index (χ3n) is 9.09. The number of benzene rings is 2. The summed E-state index contributed by atoms with van der Waals surface area (Å²) in [7, 11) is -2.39. The highest BCUT2D eigenvalue weighted by Crippen LogP contribution is 2.53. The Morgan fingerprint density at radius 1 is 1.04 bits per heavy atom. The number of rotatable bonds is 7. The van der Waals surface area contributed by atoms with E-state index in [-0.39, 0.29) is 29.5 Å². The van der Waals surface area contributed by atoms with Crippen LogP contribution in [0, 0.1) is 11.2 Å². The molecule has 0 bridgehead atoms. The minimum atomic E-state index is -4.64. The van der Waals surface area contributed by atoms with Crippen molar-refractivity contribution in [3.63, 3.8) is 0 Å². The van der Waals surface area contributed by atoms with Crippen molar-refractivity contribution >= 4 is 21.9 Å². The molecule has 0 spiro atoms. The molecule has 2 aromatic heterocycles. The molecule has 0 radical (unpaired) electrons. The Kier molecular flexibility index (Phi) is 6.89. The lowest BCUT2D eigenvalue weighted by atomic mass is 9.60. The van der Waals surface area contributed by atoms with E-state index in [2.05, 4.69) is 10.2 Å². The van der Waals surface area contributed by atoms with E-state index in [0.717, 1.165) is 12.1 Å². The zero-order valence-corrected chi connectivity index (χ0v) is 25.0. The number of alkyl halides is 3. The van der Waals surface area contributed by atoms with Crippen LogP contribution in [-0.2, 0) is 29.7 Å². The van der Waals surface area contributed by atoms with Gasteiger partial charge in [0.05, 0.1) is 28.6 Å². The molecule has 234 valence electrons. The van der Waals surface area contributed by atoms with Crippen molar-refractivity contribution in [1.29, 1.82) is 0 Å². The second-order valence-corrected chi connectivity index (χ2v) is 13.9. The molecule has 4 aromatic rings. The number of hydrogen-bond donors (Lipinski definition) is 0. The van der Waals surface area contributed by atoms with E-state index in [1.807, 2.05) is 6.08 Å². The van der Waals surface area contributed by atoms with Gasteiger partial charge >= 0.3 is 6.18 Å². The number of aryl methyl sites for hydroxylation is 1. The summed E-state index contributed by atoms with van der Waals surface area (Å²) in [6.45, 7) is 0. The molecule has 2 fully saturated rings. The van der Waals surface area contributed by atoms with Gasteiger partial charge in [-0.15, -0.1) is 0 Å². The topological polar surface area (TPSA) is 90.1 Å². The number of carbonyl (C=O) groups excluding carboxylic acids is 1. The first-order valence-electron chi connectivity index (χ1n) is 14.7. The van der Waals surface area contributed by atoms with E-state index in [9.17, 15) is 30.8 Å². The van der Waals surface area contributed by atoms with E-state index in [0.29, 0.717) is 48.2 Å². The van der Waals surface area contributed by atoms with Crippen LogP contribution in [0.3, 0.4) is 0 Å². The largest absolute Gasteiger partial charge is 0.416 e. The molecule has 8 nitrogen and oxygen atoms in total. The molecule has 2 atom stereocenters. The first kappa shape index (κ1) is 29.6. The normalized spacial score (nSPS) is 21.7. The molecule has 13 heteroatoms. The number of aromatic nitrogens is 4. The van der Waals surface area contributed by atoms with E-state index in [1.165, 1.54) is 39.3 Å². The van der Waals surface area contributed by atoms with Crippen LogP contribution in [0.15, 0.2) is 77.6 Å². The van der Waals surface area contributed by atoms with Crippen LogP contribution in [0.2, 0.25) is 0 Å². The van der Waals surface area contributed by atoms with Gasteiger partial charge in [0.15, 0.2) is 10.8 Å². The average molecular weight is 640 g/mol. The zero-order chi connectivity index (χ0) is 31.7. The minimum Gasteiger partial charge on any atom is -0.293 e. The number of nitrogens with zero attached hydrogens (tertiary/aromatic N) is 5. The van der Waals surface area contributed by atoms with Gasteiger partial charge in [0.1, 0.15) is 5.82 Å². The molecule has 45 heavy (non-hydrogen) atoms. The summed E-state index contributed by atoms with van der Waals surface area (Å²) in [5.74, 6) is -0.890. The minimum absolute atomic E-state index is 0.0806. The average Bonchev–Trinajstić information content (AvgIpc) is 3.59. The summed E-state index contributed by atoms with van der Waals surface area (Å²) in [5.41, 5.74) is 0.391. The van der Waals surface area contributed by atoms with Crippen molar-refractivity contribution in [2.75, 3.05) is 0 Å². The van der Waals surface area contributed by atoms with Crippen molar-refractivity contribution in [2.45, 2.75) is 61.8 Å². The van der Waals surface area contributed by atoms with Gasteiger partial charge in [0.2, 0.25) is 0 Å². The number of ketones is 1. The summed E-state index contributed by atoms with van der Waals surface area (Å²) >= 11 is 0. The highest BCUT2D eigenvalue weighted by molar-refractivity contribution is 7.89. The molecule has 0 unspecified atom stereocenters. The maximum atomic E-state index is 14.6. The Hall–Kier alpha value is -4.10. The van der Waals surface area contributed by atoms with E-state index >= 15 is 0 Å². The molecule has 7 rings (SSSR count). The van der Waals surface area contributed by atoms with E-state index < -0.39 is 44.8 Å². The molecule has 0 amide bonds. The van der Waals surface area contributed by atoms with Crippen LogP contribution in [-0.4, -0.2) is 50.2 Å². The van der Waals surface area contributed by atoms with Crippen molar-refractivity contribution in [3.05, 3.63) is 101 Å². The van der Waals surface area contributed by atoms with Gasteiger partial charge in [-0.2, -0.15) is 27.7 Å². The highest BCUT2D eigenvalue weighted by Gasteiger charge is 2.54. The van der Waals surface area contributed by atoms with Crippen LogP contribution in [0.4, 0.5) is 17.6 Å². The molecule has 0 N–H and O–H groups in total. The number of fused-ring (bicyclic) bond motifs is 2. The van der Waals surface area contributed by atoms with Crippen LogP contribution in [0.25, 0.3) is 11.8 Å². The fraction of sp³-hybridized carbons (Fsp3) is 0.344. The Morgan fingerprint density at radius 3 is 2.47 bits per heavy atom. The molecule has 2 aromatic carbocycles. The Bertz CT molecular complexity index is 1940. The molecule has 3 aliphatic carbocycles. The summed E-state index contributed by atoms with van der Waals surface area (Å²) in [4.78, 5) is 14.6. The monoisotopic (exact) mass is 639 g/mol. The Morgan fingerprint density at radius 2 is 1.80 bits per heavy atom. The first-order valence-corrected chi connectivity index (χ1v) is 16.1. The lowest BCUT2D eigenvalue weighted by Crippen LogP contribution is -2.51. The molecular formula is C32H29F4N5O3S. The van der Waals surface area contributed by atoms with Crippen molar-refractivity contribution in [1.82, 2.24) is 23.9 Å². The van der Waals surface area contributed by atoms with E-state index in [1.54, 1.807) is 36.3 Å². The van der Waals surface area contributed by atoms with E-state index in [4.69, 9.17) is 0 Å². The fourth-order valence-corrected chi connectivity index (χ4v) is 8.72. The summed E-state index contributed by atoms with van der Waals surface area (Å²) < 4.78 is 87.2. The molecule has 2 heterocycles. The lowest BCUT2D eigenvalue weighted by molar-refractivity contribution is -0.137. The molecular weight excluding hydrogens is 610 g/mol. The van der Waals surface area contributed by atoms with Gasteiger partial charge < -0.3 is 0 Å². The van der Waals surface area contributed by atoms with Gasteiger partial charge in [-0.1, -0.05) is 17.7 Å². The molecule has 0 saturated heterocycles. The number of halogens is 4. The van der Waals surface area contributed by atoms with Crippen LogP contribution in [0.5, 0.6) is 0 Å². The molecule has 2 saturated carbocycles. The van der Waals surface area contributed by atoms with Crippen LogP contribution in [0.1, 0.15) is 59.3 Å². The number of allylic oxidation sites excluding steroid dienone is 1. The van der Waals surface area contributed by atoms with Gasteiger partial charge in [-0.05, 0) is 92.6 Å². The fourth-order valence-electron chi connectivity index (χ4n) is 6.86. The van der Waals surface area contributed by atoms with Crippen LogP contribution < -0.4 is 0 Å². The predicted molar refractivity (Wildman–Crippen MR) is 156 cm³/mol. The quantitative estimate of drug-likeness (QED) is 0.184. The van der Waals surface area contributed by atoms with Gasteiger partial charge in [-0.25, -0.2) is 17.5 Å². The zero-order valence-electron chi connectivity index (χ0n) is 24.2. The highest BCUT2D eigenvalue weighted by atomic mass is 32.2. The van der Waals surface area contributed by atoms with Crippen LogP contribution >= 0.6 is 0 Å². The van der Waals surface area contributed by atoms with Crippen molar-refractivity contribution in [3.8, 4) is 5.69 Å². The number of hydrogen-bond acceptors (Lipinski definition) is 5. The first-order chi connectivity index (χ1) is 21.4. The smallest absolute Gasteiger partial charge is 0.293 e. The maximum absolute atomic E-state index is 14.6. The number of carbonyl (C=O) groups is 1. The standard InChI is InChI=1S/C32H29F4N5O3S/c1-39-14-13-29(38-39)45(43,44)41(26-11-12-26)27-8-5-22-16-28-21(19-37-40(28)25-9-6-24(33)7-10-25)17-31(22,18-27)30(42)20-3-2-4-23(15-20)32(34,35)36/h2-4,6-7,9-10,13-16,19,26-27H,5,8,11-12,17-18H2,1H3/t27-,31-/m0/s1. The third-order valence-corrected chi connectivity index (χ3v) is 11.0. The summed E-state index contributed by atoms with van der Waals surface area (Å²) in [5, 5.41) is 8.59. The number of Topliss-reactive ketones (excluding diaryl/α,β-unsaturated/α-hetero) is 1. The summed E-state index contributed by atoms with van der Waals surface area (Å²) in [6.07, 6.45) is 2.72. The van der Waals surface area contributed by atoms with Gasteiger partial charge in [-0.3, -0.25) is 9.48 Å². The predicted octanol–water partition coefficient (Wildman–Crippen LogP) is 5.98. The molecule has 0 aliphatic heterocycles. The molecule has 3 aliphatic rings. The maximum Gasteiger partial charge on any atom is 0.416 e. The van der Waals surface area contributed by atoms with Crippen molar-refractivity contribution in [2.24, 2.45) is 12.5 Å². The number of sulfonamides is 1. The lowest BCUT2D eigenvalue weighted by Gasteiger charge is -2.46. The second kappa shape index (κ2) is 10.5. The Labute approximate surface area is 257 Å². The SMILES string of the molecule is Cn1ccc(S(=O)(=O)N(C2CC2)[C@H]2CCC3=Cc4c(cnn4-c4ccc(F)cc4)C[C@]3(C(=O)c3cccc(C(F)(F)F)c3)C2)n1. The van der Waals surface area contributed by atoms with Gasteiger partial charge in [0, 0.05) is 30.9 Å². The van der Waals surface area contributed by atoms with Crippen molar-refractivity contribution < 1.29 is 30.8 Å². The Balaban J connectivity index is 1.33.